The summed E-state index contributed by atoms with van der Waals surface area (Å²) in [5.74, 6) is 0.301. The minimum Gasteiger partial charge on any atom is -0.337 e. The fraction of sp³-hybridized carbons (Fsp3) is 0.545. The van der Waals surface area contributed by atoms with E-state index in [1.807, 2.05) is 0 Å². The van der Waals surface area contributed by atoms with E-state index < -0.39 is 0 Å². The third-order valence-corrected chi connectivity index (χ3v) is 6.27. The second kappa shape index (κ2) is 7.47. The molecule has 1 aliphatic carbocycles. The van der Waals surface area contributed by atoms with Gasteiger partial charge in [0.1, 0.15) is 0 Å². The van der Waals surface area contributed by atoms with Crippen molar-refractivity contribution in [2.75, 3.05) is 19.6 Å². The number of piperazine rings is 1. The minimum absolute atomic E-state index is 0.301. The van der Waals surface area contributed by atoms with Crippen LogP contribution in [0.4, 0.5) is 0 Å². The van der Waals surface area contributed by atoms with Crippen LogP contribution in [0.5, 0.6) is 0 Å². The Balaban J connectivity index is 1.49. The third-order valence-electron chi connectivity index (χ3n) is 6.27. The van der Waals surface area contributed by atoms with Crippen molar-refractivity contribution in [1.29, 1.82) is 0 Å². The summed E-state index contributed by atoms with van der Waals surface area (Å²) in [5.41, 5.74) is 5.83. The molecule has 5 heteroatoms. The van der Waals surface area contributed by atoms with E-state index in [4.69, 9.17) is 5.10 Å². The second-order valence-corrected chi connectivity index (χ2v) is 8.08. The van der Waals surface area contributed by atoms with Crippen molar-refractivity contribution in [3.63, 3.8) is 0 Å². The van der Waals surface area contributed by atoms with Gasteiger partial charge in [0.2, 0.25) is 5.91 Å². The molecule has 2 aromatic rings. The maximum atomic E-state index is 12.7. The Morgan fingerprint density at radius 1 is 1.07 bits per heavy atom. The van der Waals surface area contributed by atoms with Gasteiger partial charge in [0.25, 0.3) is 0 Å². The van der Waals surface area contributed by atoms with Gasteiger partial charge in [0.05, 0.1) is 17.9 Å². The first-order chi connectivity index (χ1) is 13.0. The number of nitrogens with zero attached hydrogens (tertiary/aromatic N) is 4. The maximum Gasteiger partial charge on any atom is 0.237 e. The van der Waals surface area contributed by atoms with Gasteiger partial charge in [-0.05, 0) is 45.2 Å². The van der Waals surface area contributed by atoms with Crippen LogP contribution in [0.15, 0.2) is 24.3 Å². The number of amides is 1. The zero-order valence-electron chi connectivity index (χ0n) is 16.7. The predicted molar refractivity (Wildman–Crippen MR) is 107 cm³/mol. The van der Waals surface area contributed by atoms with Gasteiger partial charge in [-0.1, -0.05) is 31.0 Å². The summed E-state index contributed by atoms with van der Waals surface area (Å²) in [6.45, 7) is 9.49. The van der Waals surface area contributed by atoms with E-state index in [-0.39, 0.29) is 0 Å². The highest BCUT2D eigenvalue weighted by atomic mass is 16.2. The second-order valence-electron chi connectivity index (χ2n) is 8.08. The van der Waals surface area contributed by atoms with Crippen LogP contribution >= 0.6 is 0 Å². The fourth-order valence-electron chi connectivity index (χ4n) is 4.64. The van der Waals surface area contributed by atoms with Crippen LogP contribution in [0.1, 0.15) is 48.2 Å². The average molecular weight is 367 g/mol. The quantitative estimate of drug-likeness (QED) is 0.833. The fourth-order valence-corrected chi connectivity index (χ4v) is 4.64. The summed E-state index contributed by atoms with van der Waals surface area (Å²) >= 11 is 0. The Bertz CT molecular complexity index is 835. The molecule has 1 aliphatic heterocycles. The Morgan fingerprint density at radius 3 is 2.52 bits per heavy atom. The van der Waals surface area contributed by atoms with Gasteiger partial charge in [-0.15, -0.1) is 0 Å². The lowest BCUT2D eigenvalue weighted by Gasteiger charge is -2.37. The largest absolute Gasteiger partial charge is 0.337 e. The number of benzene rings is 1. The normalized spacial score (nSPS) is 19.2. The minimum atomic E-state index is 0.301. The number of carbonyl (C=O) groups is 1. The number of hydrogen-bond donors (Lipinski definition) is 0. The first kappa shape index (κ1) is 18.2. The predicted octanol–water partition coefficient (Wildman–Crippen LogP) is 3.38. The van der Waals surface area contributed by atoms with Crippen molar-refractivity contribution in [3.05, 3.63) is 46.8 Å². The average Bonchev–Trinajstić information content (AvgIpc) is 3.27. The molecule has 0 N–H and O–H groups in total. The van der Waals surface area contributed by atoms with E-state index >= 15 is 0 Å². The van der Waals surface area contributed by atoms with Crippen molar-refractivity contribution in [2.24, 2.45) is 0 Å². The highest BCUT2D eigenvalue weighted by Gasteiger charge is 2.31. The number of hydrogen-bond acceptors (Lipinski definition) is 3. The molecule has 1 aromatic heterocycles. The number of rotatable bonds is 4. The van der Waals surface area contributed by atoms with Crippen LogP contribution in [-0.4, -0.2) is 51.2 Å². The molecular formula is C22H30N4O. The highest BCUT2D eigenvalue weighted by Crippen LogP contribution is 2.26. The van der Waals surface area contributed by atoms with Crippen molar-refractivity contribution in [1.82, 2.24) is 19.6 Å². The van der Waals surface area contributed by atoms with Crippen molar-refractivity contribution >= 4 is 5.91 Å². The lowest BCUT2D eigenvalue weighted by Crippen LogP contribution is -2.53. The van der Waals surface area contributed by atoms with Crippen molar-refractivity contribution in [2.45, 2.75) is 59.0 Å². The Kier molecular flexibility index (Phi) is 5.04. The van der Waals surface area contributed by atoms with Crippen LogP contribution in [0.25, 0.3) is 5.69 Å². The molecule has 0 bridgehead atoms. The number of aryl methyl sites for hydroxylation is 2. The van der Waals surface area contributed by atoms with Gasteiger partial charge in [-0.2, -0.15) is 5.10 Å². The molecule has 5 nitrogen and oxygen atoms in total. The SMILES string of the molecule is Cc1ccccc1-n1nc(C)c(CN2CCN(C3CCCC3)C(=O)C2)c1C. The molecule has 1 aromatic carbocycles. The third kappa shape index (κ3) is 3.53. The molecule has 0 unspecified atom stereocenters. The molecule has 0 radical (unpaired) electrons. The van der Waals surface area contributed by atoms with E-state index in [1.165, 1.54) is 42.5 Å². The summed E-state index contributed by atoms with van der Waals surface area (Å²) in [4.78, 5) is 17.1. The van der Waals surface area contributed by atoms with Crippen molar-refractivity contribution in [3.8, 4) is 5.69 Å². The lowest BCUT2D eigenvalue weighted by molar-refractivity contribution is -0.138. The summed E-state index contributed by atoms with van der Waals surface area (Å²) < 4.78 is 2.05. The monoisotopic (exact) mass is 366 g/mol. The Labute approximate surface area is 162 Å². The maximum absolute atomic E-state index is 12.7. The molecule has 4 rings (SSSR count). The van der Waals surface area contributed by atoms with Gasteiger partial charge in [-0.3, -0.25) is 9.69 Å². The van der Waals surface area contributed by atoms with Gasteiger partial charge < -0.3 is 4.90 Å². The van der Waals surface area contributed by atoms with Crippen LogP contribution < -0.4 is 0 Å². The van der Waals surface area contributed by atoms with Crippen LogP contribution in [0.2, 0.25) is 0 Å². The summed E-state index contributed by atoms with van der Waals surface area (Å²) in [6.07, 6.45) is 4.92. The summed E-state index contributed by atoms with van der Waals surface area (Å²) in [5, 5.41) is 4.80. The van der Waals surface area contributed by atoms with E-state index in [1.54, 1.807) is 0 Å². The first-order valence-corrected chi connectivity index (χ1v) is 10.2. The van der Waals surface area contributed by atoms with Gasteiger partial charge in [0.15, 0.2) is 0 Å². The van der Waals surface area contributed by atoms with Gasteiger partial charge >= 0.3 is 0 Å². The summed E-state index contributed by atoms with van der Waals surface area (Å²) in [7, 11) is 0. The standard InChI is InChI=1S/C22H30N4O/c1-16-8-4-7-11-21(16)26-18(3)20(17(2)23-26)14-24-12-13-25(22(27)15-24)19-9-5-6-10-19/h4,7-8,11,19H,5-6,9-10,12-15H2,1-3H3. The van der Waals surface area contributed by atoms with Gasteiger partial charge in [0, 0.05) is 36.9 Å². The molecule has 0 atom stereocenters. The molecule has 1 saturated carbocycles. The molecule has 27 heavy (non-hydrogen) atoms. The number of aromatic nitrogens is 2. The van der Waals surface area contributed by atoms with Crippen LogP contribution in [-0.2, 0) is 11.3 Å². The molecule has 1 saturated heterocycles. The molecular weight excluding hydrogens is 336 g/mol. The van der Waals surface area contributed by atoms with Gasteiger partial charge in [-0.25, -0.2) is 4.68 Å². The lowest BCUT2D eigenvalue weighted by atomic mass is 10.1. The Hall–Kier alpha value is -2.14. The highest BCUT2D eigenvalue weighted by molar-refractivity contribution is 5.79. The molecule has 1 amide bonds. The van der Waals surface area contributed by atoms with Crippen molar-refractivity contribution < 1.29 is 4.79 Å². The molecule has 2 heterocycles. The smallest absolute Gasteiger partial charge is 0.237 e. The molecule has 0 spiro atoms. The number of carbonyl (C=O) groups excluding carboxylic acids is 1. The molecule has 2 fully saturated rings. The molecule has 2 aliphatic rings. The Morgan fingerprint density at radius 2 is 1.81 bits per heavy atom. The van der Waals surface area contributed by atoms with E-state index in [0.717, 1.165) is 31.0 Å². The summed E-state index contributed by atoms with van der Waals surface area (Å²) in [6, 6.07) is 8.83. The topological polar surface area (TPSA) is 41.4 Å². The first-order valence-electron chi connectivity index (χ1n) is 10.2. The number of para-hydroxylation sites is 1. The zero-order valence-corrected chi connectivity index (χ0v) is 16.7. The molecule has 144 valence electrons. The van der Waals surface area contributed by atoms with Crippen LogP contribution in [0.3, 0.4) is 0 Å². The van der Waals surface area contributed by atoms with E-state index in [2.05, 4.69) is 59.5 Å². The zero-order chi connectivity index (χ0) is 19.0. The van der Waals surface area contributed by atoms with E-state index in [9.17, 15) is 4.79 Å². The van der Waals surface area contributed by atoms with Crippen LogP contribution in [0, 0.1) is 20.8 Å². The van der Waals surface area contributed by atoms with E-state index in [0.29, 0.717) is 18.5 Å².